The van der Waals surface area contributed by atoms with Crippen molar-refractivity contribution in [3.05, 3.63) is 28.0 Å². The molecule has 0 aliphatic heterocycles. The zero-order chi connectivity index (χ0) is 12.8. The first-order chi connectivity index (χ1) is 8.04. The molecule has 1 rings (SSSR count). The van der Waals surface area contributed by atoms with Gasteiger partial charge in [0, 0.05) is 6.54 Å². The number of thioether (sulfide) groups is 1. The summed E-state index contributed by atoms with van der Waals surface area (Å²) in [6.45, 7) is 2.71. The predicted octanol–water partition coefficient (Wildman–Crippen LogP) is 3.12. The molecule has 94 valence electrons. The van der Waals surface area contributed by atoms with Gasteiger partial charge in [0.25, 0.3) is 5.91 Å². The molecule has 0 fully saturated rings. The lowest BCUT2D eigenvalue weighted by Crippen LogP contribution is -2.29. The third-order valence-corrected chi connectivity index (χ3v) is 3.52. The molecule has 6 heteroatoms. The van der Waals surface area contributed by atoms with Gasteiger partial charge in [-0.15, -0.1) is 0 Å². The van der Waals surface area contributed by atoms with Crippen LogP contribution in [0.1, 0.15) is 17.3 Å². The Bertz CT molecular complexity index is 401. The van der Waals surface area contributed by atoms with Gasteiger partial charge >= 0.3 is 0 Å². The number of halogens is 2. The van der Waals surface area contributed by atoms with Crippen molar-refractivity contribution < 1.29 is 4.79 Å². The molecule has 0 saturated carbocycles. The third-order valence-electron chi connectivity index (χ3n) is 2.12. The van der Waals surface area contributed by atoms with Crippen LogP contribution in [0.4, 0.5) is 0 Å². The monoisotopic (exact) mass is 292 g/mol. The van der Waals surface area contributed by atoms with Crippen LogP contribution in [0, 0.1) is 5.92 Å². The summed E-state index contributed by atoms with van der Waals surface area (Å²) in [6.07, 6.45) is 2.04. The highest BCUT2D eigenvalue weighted by atomic mass is 35.5. The highest BCUT2D eigenvalue weighted by Gasteiger charge is 2.12. The standard InChI is InChI=1S/C11H14Cl2N2OS/c1-7(6-17-2)5-14-11(16)8-3-4-9(12)15-10(8)13/h3-4,7H,5-6H2,1-2H3,(H,14,16). The van der Waals surface area contributed by atoms with Gasteiger partial charge < -0.3 is 5.32 Å². The molecule has 1 unspecified atom stereocenters. The number of amides is 1. The van der Waals surface area contributed by atoms with Crippen molar-refractivity contribution in [2.24, 2.45) is 5.92 Å². The number of aromatic nitrogens is 1. The second-order valence-electron chi connectivity index (χ2n) is 3.74. The Kier molecular flexibility index (Phi) is 6.09. The van der Waals surface area contributed by atoms with Crippen molar-refractivity contribution in [1.82, 2.24) is 10.3 Å². The van der Waals surface area contributed by atoms with Gasteiger partial charge in [0.05, 0.1) is 5.56 Å². The summed E-state index contributed by atoms with van der Waals surface area (Å²) in [5.74, 6) is 1.22. The molecule has 3 nitrogen and oxygen atoms in total. The number of hydrogen-bond acceptors (Lipinski definition) is 3. The zero-order valence-corrected chi connectivity index (χ0v) is 12.0. The summed E-state index contributed by atoms with van der Waals surface area (Å²) in [4.78, 5) is 15.6. The maximum Gasteiger partial charge on any atom is 0.254 e. The maximum absolute atomic E-state index is 11.8. The van der Waals surface area contributed by atoms with Gasteiger partial charge in [-0.05, 0) is 30.1 Å². The topological polar surface area (TPSA) is 42.0 Å². The van der Waals surface area contributed by atoms with E-state index >= 15 is 0 Å². The second kappa shape index (κ2) is 7.09. The lowest BCUT2D eigenvalue weighted by Gasteiger charge is -2.11. The SMILES string of the molecule is CSCC(C)CNC(=O)c1ccc(Cl)nc1Cl. The van der Waals surface area contributed by atoms with Crippen LogP contribution >= 0.6 is 35.0 Å². The molecule has 0 saturated heterocycles. The van der Waals surface area contributed by atoms with Gasteiger partial charge in [-0.3, -0.25) is 4.79 Å². The molecule has 1 amide bonds. The summed E-state index contributed by atoms with van der Waals surface area (Å²) in [6, 6.07) is 3.12. The molecule has 1 aromatic rings. The van der Waals surface area contributed by atoms with Crippen molar-refractivity contribution >= 4 is 40.9 Å². The minimum absolute atomic E-state index is 0.132. The van der Waals surface area contributed by atoms with Crippen molar-refractivity contribution in [1.29, 1.82) is 0 Å². The Morgan fingerprint density at radius 2 is 2.24 bits per heavy atom. The van der Waals surface area contributed by atoms with Crippen LogP contribution < -0.4 is 5.32 Å². The number of pyridine rings is 1. The lowest BCUT2D eigenvalue weighted by atomic mass is 10.2. The summed E-state index contributed by atoms with van der Waals surface area (Å²) in [7, 11) is 0. The summed E-state index contributed by atoms with van der Waals surface area (Å²) >= 11 is 13.3. The fourth-order valence-electron chi connectivity index (χ4n) is 1.29. The molecule has 1 aromatic heterocycles. The van der Waals surface area contributed by atoms with E-state index in [1.54, 1.807) is 23.9 Å². The molecule has 0 radical (unpaired) electrons. The van der Waals surface area contributed by atoms with E-state index in [4.69, 9.17) is 23.2 Å². The number of carbonyl (C=O) groups is 1. The van der Waals surface area contributed by atoms with Crippen LogP contribution in [-0.4, -0.2) is 29.4 Å². The molecule has 0 bridgehead atoms. The molecule has 1 atom stereocenters. The number of nitrogens with zero attached hydrogens (tertiary/aromatic N) is 1. The lowest BCUT2D eigenvalue weighted by molar-refractivity contribution is 0.0949. The van der Waals surface area contributed by atoms with E-state index in [1.165, 1.54) is 0 Å². The minimum Gasteiger partial charge on any atom is -0.352 e. The molecule has 0 aromatic carbocycles. The average molecular weight is 293 g/mol. The average Bonchev–Trinajstić information content (AvgIpc) is 2.26. The molecule has 0 aliphatic rings. The van der Waals surface area contributed by atoms with E-state index < -0.39 is 0 Å². The van der Waals surface area contributed by atoms with Gasteiger partial charge in [0.2, 0.25) is 0 Å². The third kappa shape index (κ3) is 4.74. The molecule has 0 spiro atoms. The number of rotatable bonds is 5. The summed E-state index contributed by atoms with van der Waals surface area (Å²) in [5, 5.41) is 3.24. The normalized spacial score (nSPS) is 12.2. The Morgan fingerprint density at radius 3 is 2.82 bits per heavy atom. The fourth-order valence-corrected chi connectivity index (χ4v) is 2.40. The van der Waals surface area contributed by atoms with Crippen LogP contribution in [0.15, 0.2) is 12.1 Å². The predicted molar refractivity (Wildman–Crippen MR) is 74.1 cm³/mol. The van der Waals surface area contributed by atoms with Crippen molar-refractivity contribution in [2.45, 2.75) is 6.92 Å². The highest BCUT2D eigenvalue weighted by molar-refractivity contribution is 7.98. The van der Waals surface area contributed by atoms with E-state index in [-0.39, 0.29) is 16.2 Å². The number of nitrogens with one attached hydrogen (secondary N) is 1. The van der Waals surface area contributed by atoms with Gasteiger partial charge in [-0.2, -0.15) is 11.8 Å². The molecule has 17 heavy (non-hydrogen) atoms. The zero-order valence-electron chi connectivity index (χ0n) is 9.67. The van der Waals surface area contributed by atoms with E-state index in [0.717, 1.165) is 5.75 Å². The highest BCUT2D eigenvalue weighted by Crippen LogP contribution is 2.16. The summed E-state index contributed by atoms with van der Waals surface area (Å²) < 4.78 is 0. The number of carbonyl (C=O) groups excluding carboxylic acids is 1. The molecular formula is C11H14Cl2N2OS. The molecule has 0 aliphatic carbocycles. The molecular weight excluding hydrogens is 279 g/mol. The fraction of sp³-hybridized carbons (Fsp3) is 0.455. The van der Waals surface area contributed by atoms with Crippen molar-refractivity contribution in [3.8, 4) is 0 Å². The first-order valence-corrected chi connectivity index (χ1v) is 7.28. The van der Waals surface area contributed by atoms with Gasteiger partial charge in [-0.1, -0.05) is 30.1 Å². The first-order valence-electron chi connectivity index (χ1n) is 5.13. The van der Waals surface area contributed by atoms with Crippen LogP contribution in [0.25, 0.3) is 0 Å². The van der Waals surface area contributed by atoms with Crippen LogP contribution in [0.5, 0.6) is 0 Å². The minimum atomic E-state index is -0.216. The second-order valence-corrected chi connectivity index (χ2v) is 5.40. The van der Waals surface area contributed by atoms with Crippen LogP contribution in [0.2, 0.25) is 10.3 Å². The first kappa shape index (κ1) is 14.6. The van der Waals surface area contributed by atoms with Crippen LogP contribution in [0.3, 0.4) is 0 Å². The maximum atomic E-state index is 11.8. The van der Waals surface area contributed by atoms with Gasteiger partial charge in [-0.25, -0.2) is 4.98 Å². The molecule has 1 heterocycles. The van der Waals surface area contributed by atoms with E-state index in [0.29, 0.717) is 18.0 Å². The largest absolute Gasteiger partial charge is 0.352 e. The Morgan fingerprint density at radius 1 is 1.53 bits per heavy atom. The van der Waals surface area contributed by atoms with Crippen molar-refractivity contribution in [3.63, 3.8) is 0 Å². The summed E-state index contributed by atoms with van der Waals surface area (Å²) in [5.41, 5.74) is 0.354. The van der Waals surface area contributed by atoms with E-state index in [1.807, 2.05) is 6.26 Å². The molecule has 1 N–H and O–H groups in total. The Balaban J connectivity index is 2.58. The van der Waals surface area contributed by atoms with Gasteiger partial charge in [0.1, 0.15) is 10.3 Å². The number of hydrogen-bond donors (Lipinski definition) is 1. The van der Waals surface area contributed by atoms with Crippen molar-refractivity contribution in [2.75, 3.05) is 18.6 Å². The smallest absolute Gasteiger partial charge is 0.254 e. The van der Waals surface area contributed by atoms with E-state index in [9.17, 15) is 4.79 Å². The quantitative estimate of drug-likeness (QED) is 0.848. The Hall–Kier alpha value is -0.450. The van der Waals surface area contributed by atoms with Gasteiger partial charge in [0.15, 0.2) is 0 Å². The van der Waals surface area contributed by atoms with Crippen LogP contribution in [-0.2, 0) is 0 Å². The van der Waals surface area contributed by atoms with E-state index in [2.05, 4.69) is 17.2 Å². The Labute approximate surface area is 115 Å².